The van der Waals surface area contributed by atoms with Crippen LogP contribution in [0.25, 0.3) is 32.9 Å². The van der Waals surface area contributed by atoms with E-state index in [1.165, 1.54) is 21.5 Å². The molecule has 1 N–H and O–H groups in total. The third kappa shape index (κ3) is 1.61. The predicted molar refractivity (Wildman–Crippen MR) is 79.0 cm³/mol. The molecule has 0 aliphatic carbocycles. The summed E-state index contributed by atoms with van der Waals surface area (Å²) in [5.41, 5.74) is 2.07. The average molecular weight is 244 g/mol. The zero-order valence-electron chi connectivity index (χ0n) is 10.3. The zero-order chi connectivity index (χ0) is 12.7. The number of nitrogens with one attached hydrogen (secondary N) is 1. The number of hydrogen-bond donors (Lipinski definition) is 1. The van der Waals surface area contributed by atoms with Crippen LogP contribution < -0.4 is 0 Å². The first kappa shape index (κ1) is 10.3. The minimum atomic E-state index is 0.986. The van der Waals surface area contributed by atoms with Gasteiger partial charge in [0.25, 0.3) is 0 Å². The van der Waals surface area contributed by atoms with Gasteiger partial charge in [-0.3, -0.25) is 4.98 Å². The first-order valence-corrected chi connectivity index (χ1v) is 6.33. The summed E-state index contributed by atoms with van der Waals surface area (Å²) in [6.07, 6.45) is 3.96. The Morgan fingerprint density at radius 3 is 2.42 bits per heavy atom. The van der Waals surface area contributed by atoms with Crippen LogP contribution in [0.15, 0.2) is 67.0 Å². The molecule has 0 spiro atoms. The summed E-state index contributed by atoms with van der Waals surface area (Å²) in [5.74, 6) is 0. The predicted octanol–water partition coefficient (Wildman–Crippen LogP) is 4.38. The molecule has 2 aromatic carbocycles. The molecule has 0 saturated heterocycles. The van der Waals surface area contributed by atoms with Gasteiger partial charge in [0.15, 0.2) is 0 Å². The van der Waals surface area contributed by atoms with Gasteiger partial charge in [-0.15, -0.1) is 0 Å². The summed E-state index contributed by atoms with van der Waals surface area (Å²) >= 11 is 0. The SMILES string of the molecule is c1ccc2cc(-c3[nH]cc4ccccc34)ncc2c1. The molecule has 0 bridgehead atoms. The van der Waals surface area contributed by atoms with E-state index in [4.69, 9.17) is 0 Å². The molecule has 0 saturated carbocycles. The lowest BCUT2D eigenvalue weighted by molar-refractivity contribution is 1.31. The molecule has 0 fully saturated rings. The van der Waals surface area contributed by atoms with Crippen molar-refractivity contribution in [3.8, 4) is 11.4 Å². The van der Waals surface area contributed by atoms with E-state index in [-0.39, 0.29) is 0 Å². The molecule has 2 nitrogen and oxygen atoms in total. The van der Waals surface area contributed by atoms with Crippen LogP contribution >= 0.6 is 0 Å². The summed E-state index contributed by atoms with van der Waals surface area (Å²) < 4.78 is 0. The van der Waals surface area contributed by atoms with E-state index < -0.39 is 0 Å². The van der Waals surface area contributed by atoms with Crippen molar-refractivity contribution in [2.24, 2.45) is 0 Å². The first-order valence-electron chi connectivity index (χ1n) is 6.33. The normalized spacial score (nSPS) is 11.2. The average Bonchev–Trinajstić information content (AvgIpc) is 2.91. The molecule has 0 aliphatic heterocycles. The third-order valence-corrected chi connectivity index (χ3v) is 3.49. The smallest absolute Gasteiger partial charge is 0.0877 e. The Morgan fingerprint density at radius 1 is 0.789 bits per heavy atom. The molecular formula is C17H12N2. The number of benzene rings is 2. The Morgan fingerprint density at radius 2 is 1.53 bits per heavy atom. The number of pyridine rings is 1. The van der Waals surface area contributed by atoms with Crippen LogP contribution in [0.1, 0.15) is 0 Å². The molecule has 0 unspecified atom stereocenters. The number of H-pyrrole nitrogens is 1. The van der Waals surface area contributed by atoms with E-state index >= 15 is 0 Å². The Kier molecular flexibility index (Phi) is 2.15. The molecular weight excluding hydrogens is 232 g/mol. The second-order valence-corrected chi connectivity index (χ2v) is 4.67. The molecule has 4 rings (SSSR count). The van der Waals surface area contributed by atoms with Gasteiger partial charge in [-0.1, -0.05) is 48.5 Å². The Hall–Kier alpha value is -2.61. The molecule has 2 aromatic heterocycles. The van der Waals surface area contributed by atoms with Crippen molar-refractivity contribution in [1.82, 2.24) is 9.97 Å². The van der Waals surface area contributed by atoms with Gasteiger partial charge < -0.3 is 4.98 Å². The van der Waals surface area contributed by atoms with Gasteiger partial charge in [-0.2, -0.15) is 0 Å². The highest BCUT2D eigenvalue weighted by atomic mass is 14.8. The summed E-state index contributed by atoms with van der Waals surface area (Å²) in [6.45, 7) is 0. The molecule has 0 aliphatic rings. The zero-order valence-corrected chi connectivity index (χ0v) is 10.3. The van der Waals surface area contributed by atoms with Crippen molar-refractivity contribution in [3.63, 3.8) is 0 Å². The standard InChI is InChI=1S/C17H12N2/c1-2-6-13-10-18-16(9-12(13)5-1)17-15-8-4-3-7-14(15)11-19-17/h1-11,19H. The quantitative estimate of drug-likeness (QED) is 0.528. The van der Waals surface area contributed by atoms with Crippen LogP contribution in [-0.4, -0.2) is 9.97 Å². The van der Waals surface area contributed by atoms with Crippen LogP contribution in [0.5, 0.6) is 0 Å². The number of nitrogens with zero attached hydrogens (tertiary/aromatic N) is 1. The Labute approximate surface area is 110 Å². The number of rotatable bonds is 1. The van der Waals surface area contributed by atoms with Gasteiger partial charge >= 0.3 is 0 Å². The molecule has 19 heavy (non-hydrogen) atoms. The fraction of sp³-hybridized carbons (Fsp3) is 0. The van der Waals surface area contributed by atoms with Gasteiger partial charge in [0.1, 0.15) is 0 Å². The lowest BCUT2D eigenvalue weighted by Crippen LogP contribution is -1.84. The lowest BCUT2D eigenvalue weighted by Gasteiger charge is -2.02. The van der Waals surface area contributed by atoms with Crippen molar-refractivity contribution < 1.29 is 0 Å². The highest BCUT2D eigenvalue weighted by Crippen LogP contribution is 2.28. The summed E-state index contributed by atoms with van der Waals surface area (Å²) in [6, 6.07) is 18.8. The van der Waals surface area contributed by atoms with Gasteiger partial charge in [0.05, 0.1) is 11.4 Å². The summed E-state index contributed by atoms with van der Waals surface area (Å²) in [7, 11) is 0. The lowest BCUT2D eigenvalue weighted by atomic mass is 10.1. The van der Waals surface area contributed by atoms with Crippen molar-refractivity contribution in [2.45, 2.75) is 0 Å². The number of fused-ring (bicyclic) bond motifs is 2. The van der Waals surface area contributed by atoms with Crippen LogP contribution in [0.4, 0.5) is 0 Å². The van der Waals surface area contributed by atoms with Crippen LogP contribution in [-0.2, 0) is 0 Å². The molecule has 90 valence electrons. The largest absolute Gasteiger partial charge is 0.359 e. The van der Waals surface area contributed by atoms with Crippen LogP contribution in [0.2, 0.25) is 0 Å². The summed E-state index contributed by atoms with van der Waals surface area (Å²) in [4.78, 5) is 7.90. The maximum absolute atomic E-state index is 4.57. The maximum Gasteiger partial charge on any atom is 0.0877 e. The second kappa shape index (κ2) is 3.95. The van der Waals surface area contributed by atoms with E-state index in [0.717, 1.165) is 11.4 Å². The number of hydrogen-bond acceptors (Lipinski definition) is 1. The van der Waals surface area contributed by atoms with Gasteiger partial charge in [0, 0.05) is 23.2 Å². The molecule has 0 radical (unpaired) electrons. The second-order valence-electron chi connectivity index (χ2n) is 4.67. The Bertz CT molecular complexity index is 874. The monoisotopic (exact) mass is 244 g/mol. The van der Waals surface area contributed by atoms with E-state index in [2.05, 4.69) is 52.4 Å². The fourth-order valence-electron chi connectivity index (χ4n) is 2.51. The molecule has 4 aromatic rings. The van der Waals surface area contributed by atoms with Gasteiger partial charge in [-0.05, 0) is 16.8 Å². The molecule has 2 heteroatoms. The van der Waals surface area contributed by atoms with Gasteiger partial charge in [-0.25, -0.2) is 0 Å². The molecule has 2 heterocycles. The topological polar surface area (TPSA) is 28.7 Å². The van der Waals surface area contributed by atoms with E-state index in [9.17, 15) is 0 Å². The van der Waals surface area contributed by atoms with Crippen molar-refractivity contribution in [3.05, 3.63) is 67.0 Å². The molecule has 0 amide bonds. The highest BCUT2D eigenvalue weighted by molar-refractivity contribution is 5.96. The van der Waals surface area contributed by atoms with E-state index in [1.54, 1.807) is 0 Å². The first-order chi connectivity index (χ1) is 9.42. The summed E-state index contributed by atoms with van der Waals surface area (Å²) in [5, 5.41) is 4.81. The minimum Gasteiger partial charge on any atom is -0.359 e. The Balaban J connectivity index is 1.99. The number of aromatic amines is 1. The molecule has 0 atom stereocenters. The van der Waals surface area contributed by atoms with E-state index in [1.807, 2.05) is 24.5 Å². The van der Waals surface area contributed by atoms with Crippen molar-refractivity contribution in [2.75, 3.05) is 0 Å². The highest BCUT2D eigenvalue weighted by Gasteiger charge is 2.07. The van der Waals surface area contributed by atoms with Crippen LogP contribution in [0.3, 0.4) is 0 Å². The van der Waals surface area contributed by atoms with E-state index in [0.29, 0.717) is 0 Å². The number of aromatic nitrogens is 2. The van der Waals surface area contributed by atoms with Crippen molar-refractivity contribution in [1.29, 1.82) is 0 Å². The minimum absolute atomic E-state index is 0.986. The van der Waals surface area contributed by atoms with Gasteiger partial charge in [0.2, 0.25) is 0 Å². The fourth-order valence-corrected chi connectivity index (χ4v) is 2.51. The van der Waals surface area contributed by atoms with Crippen LogP contribution in [0, 0.1) is 0 Å². The third-order valence-electron chi connectivity index (χ3n) is 3.49. The van der Waals surface area contributed by atoms with Crippen molar-refractivity contribution >= 4 is 21.5 Å². The maximum atomic E-state index is 4.57.